The second-order valence-electron chi connectivity index (χ2n) is 0.999. The van der Waals surface area contributed by atoms with Gasteiger partial charge in [0.25, 0.3) is 0 Å². The minimum atomic E-state index is 0.884. The van der Waals surface area contributed by atoms with Crippen molar-refractivity contribution in [3.8, 4) is 0 Å². The monoisotopic (exact) mass is 161 g/mol. The lowest BCUT2D eigenvalue weighted by molar-refractivity contribution is 1.50. The zero-order chi connectivity index (χ0) is 5.70. The summed E-state index contributed by atoms with van der Waals surface area (Å²) in [6.07, 6.45) is 3.63. The lowest BCUT2D eigenvalue weighted by Gasteiger charge is -1.79. The van der Waals surface area contributed by atoms with Crippen LogP contribution in [0.1, 0.15) is 13.8 Å². The molecule has 0 aromatic rings. The van der Waals surface area contributed by atoms with Crippen LogP contribution in [-0.4, -0.2) is 6.21 Å². The molecular weight excluding hydrogens is 154 g/mol. The van der Waals surface area contributed by atoms with E-state index in [1.807, 2.05) is 19.9 Å². The summed E-state index contributed by atoms with van der Waals surface area (Å²) in [6, 6.07) is 0. The number of hydrogen-bond donors (Lipinski definition) is 0. The van der Waals surface area contributed by atoms with Gasteiger partial charge in [0.15, 0.2) is 0 Å². The van der Waals surface area contributed by atoms with Gasteiger partial charge < -0.3 is 0 Å². The van der Waals surface area contributed by atoms with E-state index in [-0.39, 0.29) is 0 Å². The molecule has 7 heavy (non-hydrogen) atoms. The number of hydrogen-bond acceptors (Lipinski definition) is 1. The first-order chi connectivity index (χ1) is 3.31. The molecular formula is C5H8BrN. The van der Waals surface area contributed by atoms with Crippen molar-refractivity contribution in [2.75, 3.05) is 0 Å². The molecule has 0 spiro atoms. The maximum atomic E-state index is 3.90. The van der Waals surface area contributed by atoms with Crippen molar-refractivity contribution in [1.29, 1.82) is 0 Å². The van der Waals surface area contributed by atoms with Crippen LogP contribution in [0.15, 0.2) is 15.7 Å². The quantitative estimate of drug-likeness (QED) is 0.414. The topological polar surface area (TPSA) is 12.4 Å². The van der Waals surface area contributed by atoms with Crippen molar-refractivity contribution in [2.24, 2.45) is 4.99 Å². The molecule has 0 saturated carbocycles. The number of nitrogens with zero attached hydrogens (tertiary/aromatic N) is 1. The maximum absolute atomic E-state index is 3.90. The summed E-state index contributed by atoms with van der Waals surface area (Å²) in [7, 11) is 0. The van der Waals surface area contributed by atoms with Gasteiger partial charge in [-0.1, -0.05) is 6.08 Å². The van der Waals surface area contributed by atoms with Crippen molar-refractivity contribution in [1.82, 2.24) is 0 Å². The minimum absolute atomic E-state index is 0.884. The average molecular weight is 162 g/mol. The van der Waals surface area contributed by atoms with Crippen LogP contribution >= 0.6 is 15.9 Å². The van der Waals surface area contributed by atoms with E-state index < -0.39 is 0 Å². The Balaban J connectivity index is 3.58. The number of halogens is 1. The Morgan fingerprint density at radius 1 is 1.57 bits per heavy atom. The Bertz CT molecular complexity index is 94.3. The fourth-order valence-electron chi connectivity index (χ4n) is 0.198. The molecule has 0 N–H and O–H groups in total. The van der Waals surface area contributed by atoms with Gasteiger partial charge in [-0.15, -0.1) is 0 Å². The van der Waals surface area contributed by atoms with E-state index >= 15 is 0 Å². The van der Waals surface area contributed by atoms with E-state index in [0.717, 1.165) is 4.61 Å². The molecule has 40 valence electrons. The fourth-order valence-corrected chi connectivity index (χ4v) is 0.403. The normalized spacial score (nSPS) is 13.3. The van der Waals surface area contributed by atoms with Gasteiger partial charge in [0.05, 0.1) is 0 Å². The van der Waals surface area contributed by atoms with Crippen molar-refractivity contribution in [2.45, 2.75) is 13.8 Å². The van der Waals surface area contributed by atoms with Gasteiger partial charge in [-0.25, -0.2) is 0 Å². The molecule has 0 aliphatic heterocycles. The maximum Gasteiger partial charge on any atom is 0.101 e. The third kappa shape index (κ3) is 3.73. The first-order valence-corrected chi connectivity index (χ1v) is 2.91. The van der Waals surface area contributed by atoms with Gasteiger partial charge in [0.1, 0.15) is 4.61 Å². The standard InChI is InChI=1S/C5H8BrN/c1-3-5(6)7-4-2/h3-4H,1-2H3/b5-3-,7-4-. The van der Waals surface area contributed by atoms with Gasteiger partial charge in [0.2, 0.25) is 0 Å². The van der Waals surface area contributed by atoms with Gasteiger partial charge in [-0.05, 0) is 29.8 Å². The highest BCUT2D eigenvalue weighted by atomic mass is 79.9. The van der Waals surface area contributed by atoms with E-state index in [2.05, 4.69) is 20.9 Å². The van der Waals surface area contributed by atoms with Gasteiger partial charge >= 0.3 is 0 Å². The van der Waals surface area contributed by atoms with Crippen molar-refractivity contribution in [3.63, 3.8) is 0 Å². The number of aliphatic imine (C=N–C) groups is 1. The highest BCUT2D eigenvalue weighted by Gasteiger charge is 1.73. The summed E-state index contributed by atoms with van der Waals surface area (Å²) < 4.78 is 0.884. The SMILES string of the molecule is C/C=N\C(Br)=C/C. The summed E-state index contributed by atoms with van der Waals surface area (Å²) in [6.45, 7) is 3.81. The zero-order valence-electron chi connectivity index (χ0n) is 4.48. The Morgan fingerprint density at radius 3 is 2.29 bits per heavy atom. The molecule has 0 radical (unpaired) electrons. The van der Waals surface area contributed by atoms with E-state index in [1.165, 1.54) is 0 Å². The molecule has 0 heterocycles. The van der Waals surface area contributed by atoms with E-state index in [4.69, 9.17) is 0 Å². The molecule has 0 aromatic heterocycles. The van der Waals surface area contributed by atoms with Crippen LogP contribution < -0.4 is 0 Å². The molecule has 0 amide bonds. The largest absolute Gasteiger partial charge is 0.254 e. The number of allylic oxidation sites excluding steroid dienone is 1. The van der Waals surface area contributed by atoms with Crippen LogP contribution in [0.25, 0.3) is 0 Å². The van der Waals surface area contributed by atoms with Crippen LogP contribution in [0.3, 0.4) is 0 Å². The minimum Gasteiger partial charge on any atom is -0.254 e. The number of rotatable bonds is 1. The summed E-state index contributed by atoms with van der Waals surface area (Å²) in [5.41, 5.74) is 0. The third-order valence-electron chi connectivity index (χ3n) is 0.491. The van der Waals surface area contributed by atoms with Crippen LogP contribution in [0.4, 0.5) is 0 Å². The second kappa shape index (κ2) is 4.06. The Morgan fingerprint density at radius 2 is 2.14 bits per heavy atom. The smallest absolute Gasteiger partial charge is 0.101 e. The van der Waals surface area contributed by atoms with Gasteiger partial charge in [-0.3, -0.25) is 4.99 Å². The van der Waals surface area contributed by atoms with Gasteiger partial charge in [0, 0.05) is 6.21 Å². The summed E-state index contributed by atoms with van der Waals surface area (Å²) >= 11 is 3.20. The summed E-state index contributed by atoms with van der Waals surface area (Å²) in [5, 5.41) is 0. The first kappa shape index (κ1) is 6.89. The second-order valence-corrected chi connectivity index (χ2v) is 1.81. The molecule has 0 saturated heterocycles. The highest BCUT2D eigenvalue weighted by Crippen LogP contribution is 2.02. The van der Waals surface area contributed by atoms with E-state index in [1.54, 1.807) is 6.21 Å². The molecule has 0 atom stereocenters. The molecule has 0 aliphatic rings. The average Bonchev–Trinajstić information content (AvgIpc) is 1.68. The van der Waals surface area contributed by atoms with E-state index in [0.29, 0.717) is 0 Å². The molecule has 2 heteroatoms. The van der Waals surface area contributed by atoms with Crippen LogP contribution in [0.2, 0.25) is 0 Å². The van der Waals surface area contributed by atoms with Crippen LogP contribution in [0, 0.1) is 0 Å². The van der Waals surface area contributed by atoms with Crippen LogP contribution in [0.5, 0.6) is 0 Å². The lowest BCUT2D eigenvalue weighted by Crippen LogP contribution is -1.59. The Hall–Kier alpha value is -0.110. The zero-order valence-corrected chi connectivity index (χ0v) is 6.07. The molecule has 0 fully saturated rings. The lowest BCUT2D eigenvalue weighted by atomic mass is 10.7. The third-order valence-corrected chi connectivity index (χ3v) is 1.15. The summed E-state index contributed by atoms with van der Waals surface area (Å²) in [5.74, 6) is 0. The van der Waals surface area contributed by atoms with E-state index in [9.17, 15) is 0 Å². The predicted molar refractivity (Wildman–Crippen MR) is 36.9 cm³/mol. The predicted octanol–water partition coefficient (Wildman–Crippen LogP) is 2.33. The van der Waals surface area contributed by atoms with Crippen LogP contribution in [-0.2, 0) is 0 Å². The molecule has 0 aromatic carbocycles. The molecule has 0 rings (SSSR count). The summed E-state index contributed by atoms with van der Waals surface area (Å²) in [4.78, 5) is 3.90. The van der Waals surface area contributed by atoms with Gasteiger partial charge in [-0.2, -0.15) is 0 Å². The first-order valence-electron chi connectivity index (χ1n) is 2.11. The molecule has 0 unspecified atom stereocenters. The highest BCUT2D eigenvalue weighted by molar-refractivity contribution is 9.11. The molecule has 1 nitrogen and oxygen atoms in total. The van der Waals surface area contributed by atoms with Crippen molar-refractivity contribution >= 4 is 22.1 Å². The van der Waals surface area contributed by atoms with Crippen molar-refractivity contribution in [3.05, 3.63) is 10.7 Å². The Kier molecular flexibility index (Phi) is 4.00. The molecule has 0 bridgehead atoms. The van der Waals surface area contributed by atoms with Crippen molar-refractivity contribution < 1.29 is 0 Å². The molecule has 0 aliphatic carbocycles. The Labute approximate surface area is 52.3 Å². The fraction of sp³-hybridized carbons (Fsp3) is 0.400.